The molecule has 0 saturated carbocycles. The topological polar surface area (TPSA) is 78.9 Å². The van der Waals surface area contributed by atoms with E-state index in [0.29, 0.717) is 6.54 Å². The second-order valence-corrected chi connectivity index (χ2v) is 5.93. The smallest absolute Gasteiger partial charge is 0.342 e. The molecule has 2 N–H and O–H groups in total. The standard InChI is InChI=1S/C19H22N2O4/c1-13-4-9-16(17(22)10-13)19(24)25-12-18(23)20-11-14-5-7-15(8-6-14)21(2)3/h4-10,22H,11-12H2,1-3H3,(H,20,23). The first-order chi connectivity index (χ1) is 11.9. The Bertz CT molecular complexity index is 755. The zero-order chi connectivity index (χ0) is 18.4. The number of phenolic OH excluding ortho intramolecular Hbond substituents is 1. The van der Waals surface area contributed by atoms with Gasteiger partial charge in [-0.2, -0.15) is 0 Å². The molecule has 0 aliphatic carbocycles. The number of nitrogens with one attached hydrogen (secondary N) is 1. The van der Waals surface area contributed by atoms with Gasteiger partial charge >= 0.3 is 5.97 Å². The Kier molecular flexibility index (Phi) is 6.00. The van der Waals surface area contributed by atoms with Crippen molar-refractivity contribution in [2.24, 2.45) is 0 Å². The molecule has 0 aliphatic rings. The molecule has 0 unspecified atom stereocenters. The van der Waals surface area contributed by atoms with Crippen molar-refractivity contribution in [1.82, 2.24) is 5.32 Å². The van der Waals surface area contributed by atoms with Gasteiger partial charge in [0.15, 0.2) is 6.61 Å². The Morgan fingerprint density at radius 2 is 1.80 bits per heavy atom. The zero-order valence-electron chi connectivity index (χ0n) is 14.6. The summed E-state index contributed by atoms with van der Waals surface area (Å²) in [5, 5.41) is 12.4. The van der Waals surface area contributed by atoms with Crippen molar-refractivity contribution in [3.63, 3.8) is 0 Å². The van der Waals surface area contributed by atoms with E-state index in [9.17, 15) is 14.7 Å². The third kappa shape index (κ3) is 5.24. The second-order valence-electron chi connectivity index (χ2n) is 5.93. The molecule has 0 heterocycles. The molecule has 2 aromatic rings. The lowest BCUT2D eigenvalue weighted by atomic mass is 10.1. The number of esters is 1. The fourth-order valence-electron chi connectivity index (χ4n) is 2.19. The van der Waals surface area contributed by atoms with Crippen LogP contribution in [0.1, 0.15) is 21.5 Å². The van der Waals surface area contributed by atoms with Crippen LogP contribution in [0, 0.1) is 6.92 Å². The number of ether oxygens (including phenoxy) is 1. The summed E-state index contributed by atoms with van der Waals surface area (Å²) in [6.07, 6.45) is 0. The van der Waals surface area contributed by atoms with Gasteiger partial charge in [0.2, 0.25) is 0 Å². The Balaban J connectivity index is 1.81. The van der Waals surface area contributed by atoms with E-state index in [0.717, 1.165) is 16.8 Å². The van der Waals surface area contributed by atoms with Gasteiger partial charge in [0, 0.05) is 26.3 Å². The summed E-state index contributed by atoms with van der Waals surface area (Å²) in [5.74, 6) is -1.30. The molecular formula is C19H22N2O4. The number of hydrogen-bond acceptors (Lipinski definition) is 5. The van der Waals surface area contributed by atoms with Gasteiger partial charge in [-0.3, -0.25) is 4.79 Å². The van der Waals surface area contributed by atoms with Crippen LogP contribution in [0.15, 0.2) is 42.5 Å². The summed E-state index contributed by atoms with van der Waals surface area (Å²) >= 11 is 0. The highest BCUT2D eigenvalue weighted by molar-refractivity contribution is 5.93. The zero-order valence-corrected chi connectivity index (χ0v) is 14.6. The predicted octanol–water partition coefficient (Wildman–Crippen LogP) is 2.24. The van der Waals surface area contributed by atoms with Crippen LogP contribution in [0.2, 0.25) is 0 Å². The fraction of sp³-hybridized carbons (Fsp3) is 0.263. The van der Waals surface area contributed by atoms with Crippen molar-refractivity contribution in [2.45, 2.75) is 13.5 Å². The quantitative estimate of drug-likeness (QED) is 0.787. The summed E-state index contributed by atoms with van der Waals surface area (Å²) in [4.78, 5) is 25.7. The number of benzene rings is 2. The molecule has 2 aromatic carbocycles. The lowest BCUT2D eigenvalue weighted by molar-refractivity contribution is -0.124. The van der Waals surface area contributed by atoms with E-state index in [2.05, 4.69) is 5.32 Å². The molecular weight excluding hydrogens is 320 g/mol. The number of aromatic hydroxyl groups is 1. The number of carbonyl (C=O) groups is 2. The Labute approximate surface area is 147 Å². The van der Waals surface area contributed by atoms with Gasteiger partial charge in [0.1, 0.15) is 11.3 Å². The Hall–Kier alpha value is -3.02. The first-order valence-corrected chi connectivity index (χ1v) is 7.86. The van der Waals surface area contributed by atoms with Crippen molar-refractivity contribution >= 4 is 17.6 Å². The van der Waals surface area contributed by atoms with Gasteiger partial charge in [-0.25, -0.2) is 4.79 Å². The minimum atomic E-state index is -0.733. The summed E-state index contributed by atoms with van der Waals surface area (Å²) in [6.45, 7) is 1.75. The molecule has 0 atom stereocenters. The highest BCUT2D eigenvalue weighted by atomic mass is 16.5. The number of carbonyl (C=O) groups excluding carboxylic acids is 2. The van der Waals surface area contributed by atoms with Crippen LogP contribution in [-0.2, 0) is 16.1 Å². The minimum Gasteiger partial charge on any atom is -0.507 e. The highest BCUT2D eigenvalue weighted by Crippen LogP contribution is 2.19. The lowest BCUT2D eigenvalue weighted by Crippen LogP contribution is -2.28. The van der Waals surface area contributed by atoms with E-state index >= 15 is 0 Å². The van der Waals surface area contributed by atoms with Gasteiger partial charge in [0.25, 0.3) is 5.91 Å². The summed E-state index contributed by atoms with van der Waals surface area (Å²) in [5.41, 5.74) is 2.88. The third-order valence-electron chi connectivity index (χ3n) is 3.65. The second kappa shape index (κ2) is 8.19. The van der Waals surface area contributed by atoms with Gasteiger partial charge in [-0.15, -0.1) is 0 Å². The van der Waals surface area contributed by atoms with E-state index in [1.165, 1.54) is 12.1 Å². The minimum absolute atomic E-state index is 0.0395. The van der Waals surface area contributed by atoms with Crippen LogP contribution in [0.25, 0.3) is 0 Å². The largest absolute Gasteiger partial charge is 0.507 e. The maximum atomic E-state index is 11.9. The molecule has 0 fully saturated rings. The van der Waals surface area contributed by atoms with Crippen LogP contribution in [0.4, 0.5) is 5.69 Å². The summed E-state index contributed by atoms with van der Waals surface area (Å²) in [7, 11) is 3.91. The first-order valence-electron chi connectivity index (χ1n) is 7.86. The first kappa shape index (κ1) is 18.3. The number of nitrogens with zero attached hydrogens (tertiary/aromatic N) is 1. The highest BCUT2D eigenvalue weighted by Gasteiger charge is 2.14. The predicted molar refractivity (Wildman–Crippen MR) is 95.7 cm³/mol. The van der Waals surface area contributed by atoms with Crippen molar-refractivity contribution in [3.05, 3.63) is 59.2 Å². The van der Waals surface area contributed by atoms with Gasteiger partial charge in [-0.1, -0.05) is 18.2 Å². The van der Waals surface area contributed by atoms with Crippen molar-refractivity contribution in [1.29, 1.82) is 0 Å². The number of phenols is 1. The van der Waals surface area contributed by atoms with E-state index < -0.39 is 18.5 Å². The molecule has 6 heteroatoms. The van der Waals surface area contributed by atoms with Crippen molar-refractivity contribution in [2.75, 3.05) is 25.6 Å². The average Bonchev–Trinajstić information content (AvgIpc) is 2.58. The molecule has 0 aromatic heterocycles. The van der Waals surface area contributed by atoms with E-state index in [4.69, 9.17) is 4.74 Å². The van der Waals surface area contributed by atoms with Crippen molar-refractivity contribution in [3.8, 4) is 5.75 Å². The Morgan fingerprint density at radius 3 is 2.40 bits per heavy atom. The average molecular weight is 342 g/mol. The van der Waals surface area contributed by atoms with Crippen LogP contribution in [-0.4, -0.2) is 37.7 Å². The van der Waals surface area contributed by atoms with Crippen LogP contribution < -0.4 is 10.2 Å². The monoisotopic (exact) mass is 342 g/mol. The molecule has 25 heavy (non-hydrogen) atoms. The van der Waals surface area contributed by atoms with Crippen LogP contribution in [0.5, 0.6) is 5.75 Å². The normalized spacial score (nSPS) is 10.2. The maximum Gasteiger partial charge on any atom is 0.342 e. The number of aryl methyl sites for hydroxylation is 1. The molecule has 6 nitrogen and oxygen atoms in total. The van der Waals surface area contributed by atoms with Gasteiger partial charge in [0.05, 0.1) is 0 Å². The number of anilines is 1. The molecule has 0 spiro atoms. The molecule has 132 valence electrons. The SMILES string of the molecule is Cc1ccc(C(=O)OCC(=O)NCc2ccc(N(C)C)cc2)c(O)c1. The summed E-state index contributed by atoms with van der Waals surface area (Å²) in [6, 6.07) is 12.4. The molecule has 0 aliphatic heterocycles. The number of rotatable bonds is 6. The maximum absolute atomic E-state index is 11.9. The van der Waals surface area contributed by atoms with Gasteiger partial charge < -0.3 is 20.1 Å². The Morgan fingerprint density at radius 1 is 1.12 bits per heavy atom. The number of hydrogen-bond donors (Lipinski definition) is 2. The third-order valence-corrected chi connectivity index (χ3v) is 3.65. The molecule has 2 rings (SSSR count). The van der Waals surface area contributed by atoms with E-state index in [1.54, 1.807) is 13.0 Å². The fourth-order valence-corrected chi connectivity index (χ4v) is 2.19. The molecule has 1 amide bonds. The lowest BCUT2D eigenvalue weighted by Gasteiger charge is -2.13. The van der Waals surface area contributed by atoms with Gasteiger partial charge in [-0.05, 0) is 42.3 Å². The van der Waals surface area contributed by atoms with Crippen LogP contribution in [0.3, 0.4) is 0 Å². The van der Waals surface area contributed by atoms with E-state index in [-0.39, 0.29) is 11.3 Å². The number of amides is 1. The summed E-state index contributed by atoms with van der Waals surface area (Å²) < 4.78 is 4.93. The molecule has 0 bridgehead atoms. The molecule has 0 radical (unpaired) electrons. The molecule has 0 saturated heterocycles. The van der Waals surface area contributed by atoms with Crippen molar-refractivity contribution < 1.29 is 19.4 Å². The van der Waals surface area contributed by atoms with E-state index in [1.807, 2.05) is 43.3 Å². The van der Waals surface area contributed by atoms with Crippen LogP contribution >= 0.6 is 0 Å².